The minimum absolute atomic E-state index is 0.272. The van der Waals surface area contributed by atoms with Crippen molar-refractivity contribution in [3.63, 3.8) is 0 Å². The van der Waals surface area contributed by atoms with Gasteiger partial charge in [0.2, 0.25) is 0 Å². The van der Waals surface area contributed by atoms with Crippen molar-refractivity contribution in [2.45, 2.75) is 13.3 Å². The molecule has 36 heavy (non-hydrogen) atoms. The van der Waals surface area contributed by atoms with Gasteiger partial charge in [0.25, 0.3) is 5.91 Å². The number of nitrogens with zero attached hydrogens (tertiary/aromatic N) is 5. The largest absolute Gasteiger partial charge is 0.354 e. The maximum Gasteiger partial charge on any atom is 0.276 e. The summed E-state index contributed by atoms with van der Waals surface area (Å²) in [7, 11) is 0. The van der Waals surface area contributed by atoms with E-state index in [0.29, 0.717) is 11.4 Å². The molecule has 2 aliphatic rings. The van der Waals surface area contributed by atoms with Gasteiger partial charge >= 0.3 is 0 Å². The van der Waals surface area contributed by atoms with Crippen LogP contribution in [-0.4, -0.2) is 78.5 Å². The zero-order valence-electron chi connectivity index (χ0n) is 20.6. The molecule has 0 unspecified atom stereocenters. The summed E-state index contributed by atoms with van der Waals surface area (Å²) in [6.45, 7) is 12.5. The van der Waals surface area contributed by atoms with Crippen LogP contribution in [0.3, 0.4) is 0 Å². The van der Waals surface area contributed by atoms with Crippen LogP contribution in [0.5, 0.6) is 0 Å². The van der Waals surface area contributed by atoms with Gasteiger partial charge in [-0.15, -0.1) is 0 Å². The van der Waals surface area contributed by atoms with Crippen LogP contribution in [0, 0.1) is 0 Å². The summed E-state index contributed by atoms with van der Waals surface area (Å²) >= 11 is 0. The second-order valence-corrected chi connectivity index (χ2v) is 9.27. The summed E-state index contributed by atoms with van der Waals surface area (Å²) in [6.07, 6.45) is 6.90. The van der Waals surface area contributed by atoms with E-state index in [1.54, 1.807) is 6.20 Å². The van der Waals surface area contributed by atoms with Crippen LogP contribution in [0.2, 0.25) is 0 Å². The van der Waals surface area contributed by atoms with Crippen molar-refractivity contribution in [1.29, 1.82) is 0 Å². The summed E-state index contributed by atoms with van der Waals surface area (Å²) in [4.78, 5) is 26.2. The first-order valence-electron chi connectivity index (χ1n) is 12.4. The molecule has 4 heterocycles. The lowest BCUT2D eigenvalue weighted by Crippen LogP contribution is -2.43. The number of carbonyl (C=O) groups excluding carboxylic acids is 1. The molecule has 0 radical (unpaired) electrons. The zero-order valence-corrected chi connectivity index (χ0v) is 20.6. The third kappa shape index (κ3) is 5.37. The predicted octanol–water partition coefficient (Wildman–Crippen LogP) is 3.31. The molecule has 3 N–H and O–H groups in total. The fraction of sp³-hybridized carbons (Fsp3) is 0.333. The molecule has 186 valence electrons. The number of piperazine rings is 1. The molecule has 1 aromatic carbocycles. The maximum atomic E-state index is 13.1. The number of carbonyl (C=O) groups is 1. The number of anilines is 2. The number of nitrogens with one attached hydrogen (secondary N) is 3. The van der Waals surface area contributed by atoms with Crippen molar-refractivity contribution in [1.82, 2.24) is 25.4 Å². The number of H-pyrrole nitrogens is 1. The normalized spacial score (nSPS) is 17.2. The molecule has 2 saturated heterocycles. The van der Waals surface area contributed by atoms with Crippen molar-refractivity contribution in [2.24, 2.45) is 4.99 Å². The minimum atomic E-state index is -0.272. The number of likely N-dealkylation sites (tertiary alicyclic amines) is 1. The molecule has 9 nitrogen and oxygen atoms in total. The standard InChI is InChI=1S/C27H32N8O/c1-19(14-20(16-28-2)18-34-10-3-11-34)21-4-6-24-23(15-21)26(33-32-24)27(36)31-22-5-7-25(30-17-22)35-12-8-29-9-13-35/h4-7,14-17,29H,2-3,8-13,18H2,1H3,(H,31,36)(H,32,33)/b19-14+,20-16+. The average molecular weight is 485 g/mol. The van der Waals surface area contributed by atoms with Crippen LogP contribution in [0.4, 0.5) is 11.5 Å². The van der Waals surface area contributed by atoms with Crippen LogP contribution < -0.4 is 15.5 Å². The lowest BCUT2D eigenvalue weighted by molar-refractivity contribution is 0.102. The van der Waals surface area contributed by atoms with Crippen molar-refractivity contribution in [3.8, 4) is 0 Å². The summed E-state index contributed by atoms with van der Waals surface area (Å²) in [6, 6.07) is 9.83. The highest BCUT2D eigenvalue weighted by Crippen LogP contribution is 2.25. The fourth-order valence-electron chi connectivity index (χ4n) is 4.56. The van der Waals surface area contributed by atoms with Gasteiger partial charge in [-0.2, -0.15) is 5.10 Å². The molecule has 5 rings (SSSR count). The Bertz CT molecular complexity index is 1300. The Morgan fingerprint density at radius 3 is 2.72 bits per heavy atom. The second kappa shape index (κ2) is 10.8. The summed E-state index contributed by atoms with van der Waals surface area (Å²) < 4.78 is 0. The first-order valence-corrected chi connectivity index (χ1v) is 12.4. The van der Waals surface area contributed by atoms with E-state index in [4.69, 9.17) is 0 Å². The van der Waals surface area contributed by atoms with Gasteiger partial charge in [-0.25, -0.2) is 4.98 Å². The van der Waals surface area contributed by atoms with E-state index < -0.39 is 0 Å². The van der Waals surface area contributed by atoms with Crippen LogP contribution in [0.15, 0.2) is 59.4 Å². The molecule has 3 aromatic rings. The monoisotopic (exact) mass is 484 g/mol. The van der Waals surface area contributed by atoms with Crippen molar-refractivity contribution >= 4 is 40.6 Å². The SMILES string of the molecule is C=N/C=C(\C=C(/C)c1ccc2[nH]nc(C(=O)Nc3ccc(N4CCNCC4)nc3)c2c1)CN1CCC1. The number of fused-ring (bicyclic) bond motifs is 1. The molecule has 0 saturated carbocycles. The Kier molecular flexibility index (Phi) is 7.20. The van der Waals surface area contributed by atoms with Crippen molar-refractivity contribution in [2.75, 3.05) is 56.0 Å². The van der Waals surface area contributed by atoms with Gasteiger partial charge in [-0.05, 0) is 74.1 Å². The number of benzene rings is 1. The lowest BCUT2D eigenvalue weighted by atomic mass is 10.0. The first-order chi connectivity index (χ1) is 17.6. The fourth-order valence-corrected chi connectivity index (χ4v) is 4.56. The Balaban J connectivity index is 1.32. The third-order valence-electron chi connectivity index (χ3n) is 6.69. The molecule has 1 amide bonds. The van der Waals surface area contributed by atoms with Crippen LogP contribution >= 0.6 is 0 Å². The van der Waals surface area contributed by atoms with E-state index in [0.717, 1.165) is 79.2 Å². The number of aromatic amines is 1. The zero-order chi connectivity index (χ0) is 24.9. The maximum absolute atomic E-state index is 13.1. The number of aromatic nitrogens is 3. The molecule has 0 bridgehead atoms. The molecule has 0 aliphatic carbocycles. The molecular weight excluding hydrogens is 452 g/mol. The summed E-state index contributed by atoms with van der Waals surface area (Å²) in [5.74, 6) is 0.645. The van der Waals surface area contributed by atoms with Gasteiger partial charge in [0.15, 0.2) is 5.69 Å². The average Bonchev–Trinajstić information content (AvgIpc) is 3.31. The highest BCUT2D eigenvalue weighted by atomic mass is 16.1. The van der Waals surface area contributed by atoms with Gasteiger partial charge in [-0.1, -0.05) is 12.1 Å². The Morgan fingerprint density at radius 2 is 2.03 bits per heavy atom. The Hall–Kier alpha value is -3.82. The number of rotatable bonds is 8. The smallest absolute Gasteiger partial charge is 0.276 e. The quantitative estimate of drug-likeness (QED) is 0.335. The van der Waals surface area contributed by atoms with Crippen LogP contribution in [0.25, 0.3) is 16.5 Å². The van der Waals surface area contributed by atoms with Gasteiger partial charge < -0.3 is 15.5 Å². The van der Waals surface area contributed by atoms with Gasteiger partial charge in [0.05, 0.1) is 17.4 Å². The van der Waals surface area contributed by atoms with E-state index in [-0.39, 0.29) is 5.91 Å². The molecule has 2 aliphatic heterocycles. The molecule has 9 heteroatoms. The molecule has 2 aromatic heterocycles. The summed E-state index contributed by atoms with van der Waals surface area (Å²) in [5.41, 5.74) is 5.04. The molecule has 0 atom stereocenters. The predicted molar refractivity (Wildman–Crippen MR) is 146 cm³/mol. The number of hydrogen-bond donors (Lipinski definition) is 3. The van der Waals surface area contributed by atoms with Gasteiger partial charge in [0.1, 0.15) is 5.82 Å². The Morgan fingerprint density at radius 1 is 1.19 bits per heavy atom. The van der Waals surface area contributed by atoms with Gasteiger partial charge in [-0.3, -0.25) is 19.8 Å². The lowest BCUT2D eigenvalue weighted by Gasteiger charge is -2.30. The molecule has 2 fully saturated rings. The second-order valence-electron chi connectivity index (χ2n) is 9.27. The van der Waals surface area contributed by atoms with Crippen LogP contribution in [-0.2, 0) is 0 Å². The molecule has 0 spiro atoms. The number of aliphatic imine (C=N–C) groups is 1. The highest BCUT2D eigenvalue weighted by molar-refractivity contribution is 6.11. The van der Waals surface area contributed by atoms with Gasteiger partial charge in [0, 0.05) is 44.3 Å². The third-order valence-corrected chi connectivity index (χ3v) is 6.69. The van der Waals surface area contributed by atoms with E-state index >= 15 is 0 Å². The number of hydrogen-bond acceptors (Lipinski definition) is 7. The van der Waals surface area contributed by atoms with Crippen molar-refractivity contribution in [3.05, 3.63) is 65.6 Å². The number of amides is 1. The van der Waals surface area contributed by atoms with E-state index in [9.17, 15) is 4.79 Å². The van der Waals surface area contributed by atoms with E-state index in [1.807, 2.05) is 36.5 Å². The minimum Gasteiger partial charge on any atom is -0.354 e. The highest BCUT2D eigenvalue weighted by Gasteiger charge is 2.17. The van der Waals surface area contributed by atoms with E-state index in [1.165, 1.54) is 6.42 Å². The van der Waals surface area contributed by atoms with Crippen molar-refractivity contribution < 1.29 is 4.79 Å². The Labute approximate surface area is 211 Å². The topological polar surface area (TPSA) is 102 Å². The number of allylic oxidation sites excluding steroid dienone is 1. The molecular formula is C27H32N8O. The summed E-state index contributed by atoms with van der Waals surface area (Å²) in [5, 5.41) is 14.3. The first kappa shape index (κ1) is 23.9. The number of pyridine rings is 1. The van der Waals surface area contributed by atoms with Crippen LogP contribution in [0.1, 0.15) is 29.4 Å². The van der Waals surface area contributed by atoms with E-state index in [2.05, 4.69) is 60.3 Å².